The summed E-state index contributed by atoms with van der Waals surface area (Å²) in [5.41, 5.74) is -0.371. The van der Waals surface area contributed by atoms with Gasteiger partial charge in [-0.15, -0.1) is 13.2 Å². The highest BCUT2D eigenvalue weighted by Gasteiger charge is 2.31. The third-order valence-corrected chi connectivity index (χ3v) is 4.44. The Bertz CT molecular complexity index is 873. The van der Waals surface area contributed by atoms with Gasteiger partial charge in [0.25, 0.3) is 10.0 Å². The van der Waals surface area contributed by atoms with Gasteiger partial charge in [0.15, 0.2) is 5.03 Å². The molecule has 0 saturated heterocycles. The van der Waals surface area contributed by atoms with Crippen LogP contribution in [0.15, 0.2) is 52.1 Å². The maximum Gasteiger partial charge on any atom is 0.573 e. The van der Waals surface area contributed by atoms with Crippen molar-refractivity contribution in [1.82, 2.24) is 4.98 Å². The molecule has 0 atom stereocenters. The lowest BCUT2D eigenvalue weighted by atomic mass is 10.3. The third-order valence-electron chi connectivity index (χ3n) is 2.51. The molecule has 1 heterocycles. The van der Waals surface area contributed by atoms with Crippen LogP contribution in [0.5, 0.6) is 5.75 Å². The molecular weight excluding hydrogens is 401 g/mol. The average molecular weight is 414 g/mol. The second kappa shape index (κ2) is 6.36. The van der Waals surface area contributed by atoms with Gasteiger partial charge in [-0.25, -0.2) is 4.98 Å². The van der Waals surface area contributed by atoms with Gasteiger partial charge in [0.05, 0.1) is 5.69 Å². The molecule has 0 amide bonds. The fourth-order valence-electron chi connectivity index (χ4n) is 1.53. The fraction of sp³-hybridized carbons (Fsp3) is 0.154. The molecule has 0 spiro atoms. The minimum atomic E-state index is -4.93. The van der Waals surface area contributed by atoms with Gasteiger partial charge in [-0.1, -0.05) is 0 Å². The lowest BCUT2D eigenvalue weighted by Crippen LogP contribution is -2.27. The number of ether oxygens (including phenoxy) is 1. The minimum Gasteiger partial charge on any atom is -0.406 e. The molecule has 1 aromatic heterocycles. The van der Waals surface area contributed by atoms with E-state index in [4.69, 9.17) is 4.11 Å². The number of rotatable bonds is 4. The van der Waals surface area contributed by atoms with Crippen molar-refractivity contribution in [2.75, 3.05) is 11.3 Å². The van der Waals surface area contributed by atoms with Crippen LogP contribution in [-0.2, 0) is 10.0 Å². The number of pyridine rings is 1. The Balaban J connectivity index is 2.47. The maximum atomic E-state index is 12.7. The molecule has 0 radical (unpaired) electrons. The Kier molecular flexibility index (Phi) is 3.76. The van der Waals surface area contributed by atoms with Crippen LogP contribution >= 0.6 is 15.9 Å². The van der Waals surface area contributed by atoms with Crippen LogP contribution in [-0.4, -0.2) is 26.7 Å². The molecule has 0 N–H and O–H groups in total. The fourth-order valence-corrected chi connectivity index (χ4v) is 2.78. The van der Waals surface area contributed by atoms with Crippen LogP contribution < -0.4 is 9.04 Å². The predicted octanol–water partition coefficient (Wildman–Crippen LogP) is 3.57. The molecule has 0 aliphatic rings. The largest absolute Gasteiger partial charge is 0.573 e. The molecule has 2 aromatic rings. The lowest BCUT2D eigenvalue weighted by molar-refractivity contribution is -0.274. The number of sulfonamides is 1. The van der Waals surface area contributed by atoms with E-state index in [2.05, 4.69) is 25.7 Å². The Labute approximate surface area is 143 Å². The monoisotopic (exact) mass is 413 g/mol. The zero-order valence-corrected chi connectivity index (χ0v) is 13.5. The van der Waals surface area contributed by atoms with Crippen LogP contribution in [0.4, 0.5) is 18.9 Å². The summed E-state index contributed by atoms with van der Waals surface area (Å²) in [4.78, 5) is 3.68. The molecule has 5 nitrogen and oxygen atoms in total. The number of alkyl halides is 3. The quantitative estimate of drug-likeness (QED) is 0.768. The normalized spacial score (nSPS) is 14.5. The van der Waals surface area contributed by atoms with E-state index in [1.807, 2.05) is 0 Å². The van der Waals surface area contributed by atoms with Crippen LogP contribution in [0.2, 0.25) is 0 Å². The number of nitrogens with zero attached hydrogens (tertiary/aromatic N) is 2. The number of aromatic nitrogens is 1. The Hall–Kier alpha value is -1.81. The Morgan fingerprint density at radius 2 is 1.87 bits per heavy atom. The summed E-state index contributed by atoms with van der Waals surface area (Å²) in [5.74, 6) is -0.620. The van der Waals surface area contributed by atoms with E-state index in [1.54, 1.807) is 0 Å². The van der Waals surface area contributed by atoms with Crippen molar-refractivity contribution < 1.29 is 30.4 Å². The molecule has 124 valence electrons. The van der Waals surface area contributed by atoms with Crippen LogP contribution in [0.25, 0.3) is 0 Å². The molecule has 0 unspecified atom stereocenters. The van der Waals surface area contributed by atoms with Gasteiger partial charge >= 0.3 is 6.36 Å². The Morgan fingerprint density at radius 3 is 2.35 bits per heavy atom. The molecule has 0 bridgehead atoms. The van der Waals surface area contributed by atoms with Crippen LogP contribution in [0, 0.1) is 0 Å². The molecular formula is C13H10BrF3N2O3S. The molecule has 23 heavy (non-hydrogen) atoms. The molecule has 1 aromatic carbocycles. The highest BCUT2D eigenvalue weighted by molar-refractivity contribution is 9.10. The molecule has 0 fully saturated rings. The number of hydrogen-bond acceptors (Lipinski definition) is 4. The summed E-state index contributed by atoms with van der Waals surface area (Å²) < 4.78 is 88.7. The van der Waals surface area contributed by atoms with Gasteiger partial charge in [-0.3, -0.25) is 4.31 Å². The van der Waals surface area contributed by atoms with Crippen molar-refractivity contribution in [3.8, 4) is 5.75 Å². The van der Waals surface area contributed by atoms with E-state index in [9.17, 15) is 21.6 Å². The second-order valence-corrected chi connectivity index (χ2v) is 6.78. The van der Waals surface area contributed by atoms with E-state index >= 15 is 0 Å². The van der Waals surface area contributed by atoms with Crippen molar-refractivity contribution in [2.24, 2.45) is 0 Å². The summed E-state index contributed by atoms with van der Waals surface area (Å²) in [6.07, 6.45) is -3.76. The second-order valence-electron chi connectivity index (χ2n) is 4.13. The summed E-state index contributed by atoms with van der Waals surface area (Å²) in [7, 11) is -4.60. The van der Waals surface area contributed by atoms with Gasteiger partial charge in [0, 0.05) is 21.8 Å². The van der Waals surface area contributed by atoms with E-state index in [-0.39, 0.29) is 9.99 Å². The number of halogens is 4. The maximum absolute atomic E-state index is 12.7. The van der Waals surface area contributed by atoms with Crippen molar-refractivity contribution in [3.63, 3.8) is 0 Å². The zero-order chi connectivity index (χ0) is 19.8. The van der Waals surface area contributed by atoms with Crippen molar-refractivity contribution >= 4 is 31.6 Å². The molecule has 2 rings (SSSR count). The third kappa shape index (κ3) is 4.35. The summed E-state index contributed by atoms with van der Waals surface area (Å²) in [6, 6.07) is 5.86. The summed E-state index contributed by atoms with van der Waals surface area (Å²) in [6.45, 7) is -3.14. The van der Waals surface area contributed by atoms with Gasteiger partial charge in [-0.05, 0) is 52.3 Å². The predicted molar refractivity (Wildman–Crippen MR) is 80.7 cm³/mol. The number of benzene rings is 1. The summed E-state index contributed by atoms with van der Waals surface area (Å²) in [5, 5.41) is -0.535. The molecule has 10 heteroatoms. The van der Waals surface area contributed by atoms with Crippen LogP contribution in [0.3, 0.4) is 0 Å². The first-order valence-corrected chi connectivity index (χ1v) is 8.07. The van der Waals surface area contributed by atoms with Gasteiger partial charge in [0.2, 0.25) is 0 Å². The van der Waals surface area contributed by atoms with Crippen molar-refractivity contribution in [2.45, 2.75) is 11.4 Å². The van der Waals surface area contributed by atoms with Crippen molar-refractivity contribution in [1.29, 1.82) is 0 Å². The molecule has 0 saturated carbocycles. The summed E-state index contributed by atoms with van der Waals surface area (Å²) >= 11 is 3.08. The highest BCUT2D eigenvalue weighted by atomic mass is 79.9. The number of hydrogen-bond donors (Lipinski definition) is 0. The first kappa shape index (κ1) is 13.6. The minimum absolute atomic E-state index is 0.105. The van der Waals surface area contributed by atoms with Crippen molar-refractivity contribution in [3.05, 3.63) is 47.1 Å². The molecule has 0 aliphatic heterocycles. The van der Waals surface area contributed by atoms with Gasteiger partial charge in [-0.2, -0.15) is 8.42 Å². The number of anilines is 1. The first-order valence-electron chi connectivity index (χ1n) is 7.33. The van der Waals surface area contributed by atoms with Gasteiger partial charge in [0.1, 0.15) is 5.75 Å². The molecule has 0 aliphatic carbocycles. The topological polar surface area (TPSA) is 59.5 Å². The first-order chi connectivity index (χ1) is 11.8. The highest BCUT2D eigenvalue weighted by Crippen LogP contribution is 2.27. The van der Waals surface area contributed by atoms with Crippen LogP contribution in [0.1, 0.15) is 4.11 Å². The Morgan fingerprint density at radius 1 is 1.22 bits per heavy atom. The lowest BCUT2D eigenvalue weighted by Gasteiger charge is -2.19. The van der Waals surface area contributed by atoms with Gasteiger partial charge < -0.3 is 4.74 Å². The standard InChI is InChI=1S/C13H10BrF3N2O3S/c1-19(23(20,21)12-7-2-9(14)8-18-12)10-3-5-11(6-4-10)22-13(15,16)17/h2-8H,1H3/i1D3. The smallest absolute Gasteiger partial charge is 0.406 e. The SMILES string of the molecule is [2H]C([2H])([2H])N(c1ccc(OC(F)(F)F)cc1)S(=O)(=O)c1ccc(Br)cn1. The van der Waals surface area contributed by atoms with E-state index in [0.29, 0.717) is 4.47 Å². The average Bonchev–Trinajstić information content (AvgIpc) is 2.46. The van der Waals surface area contributed by atoms with E-state index in [0.717, 1.165) is 30.3 Å². The van der Waals surface area contributed by atoms with E-state index in [1.165, 1.54) is 12.3 Å². The zero-order valence-electron chi connectivity index (χ0n) is 14.1. The van der Waals surface area contributed by atoms with E-state index < -0.39 is 34.1 Å².